The molecule has 132 valence electrons. The lowest BCUT2D eigenvalue weighted by atomic mass is 10.2. The second-order valence-corrected chi connectivity index (χ2v) is 8.04. The van der Waals surface area contributed by atoms with E-state index in [0.29, 0.717) is 29.1 Å². The fourth-order valence-corrected chi connectivity index (χ4v) is 4.83. The molecule has 1 aliphatic rings. The van der Waals surface area contributed by atoms with Crippen LogP contribution in [-0.2, 0) is 10.0 Å². The molecule has 0 bridgehead atoms. The Hall–Kier alpha value is -2.06. The molecular weight excluding hydrogens is 408 g/mol. The molecule has 0 atom stereocenters. The zero-order chi connectivity index (χ0) is 18.0. The van der Waals surface area contributed by atoms with Crippen LogP contribution in [0.15, 0.2) is 51.8 Å². The predicted octanol–water partition coefficient (Wildman–Crippen LogP) is 2.22. The van der Waals surface area contributed by atoms with Crippen molar-refractivity contribution in [2.75, 3.05) is 27.3 Å². The van der Waals surface area contributed by atoms with Crippen LogP contribution in [0.4, 0.5) is 0 Å². The molecule has 0 spiro atoms. The van der Waals surface area contributed by atoms with Crippen molar-refractivity contribution < 1.29 is 21.9 Å². The number of nitrogens with zero attached hydrogens (tertiary/aromatic N) is 1. The van der Waals surface area contributed by atoms with Gasteiger partial charge >= 0.3 is 10.0 Å². The van der Waals surface area contributed by atoms with Gasteiger partial charge in [-0.05, 0) is 34.1 Å². The maximum absolute atomic E-state index is 13.3. The maximum atomic E-state index is 13.3. The highest BCUT2D eigenvalue weighted by Crippen LogP contribution is 2.36. The number of sulfonamides is 1. The van der Waals surface area contributed by atoms with E-state index >= 15 is 0 Å². The first-order chi connectivity index (χ1) is 12.0. The number of nitrogens with one attached hydrogen (secondary N) is 1. The lowest BCUT2D eigenvalue weighted by Crippen LogP contribution is -2.28. The highest BCUT2D eigenvalue weighted by Gasteiger charge is 2.36. The fraction of sp³-hybridized carbons (Fsp3) is 0.235. The van der Waals surface area contributed by atoms with Gasteiger partial charge in [-0.1, -0.05) is 18.2 Å². The van der Waals surface area contributed by atoms with Gasteiger partial charge in [0.1, 0.15) is 24.6 Å². The van der Waals surface area contributed by atoms with Gasteiger partial charge in [-0.15, -0.1) is 3.98 Å². The number of methoxy groups -OCH3 is 2. The summed E-state index contributed by atoms with van der Waals surface area (Å²) in [7, 11) is -0.890. The zero-order valence-corrected chi connectivity index (χ0v) is 16.2. The minimum absolute atomic E-state index is 0.0622. The third-order valence-corrected chi connectivity index (χ3v) is 6.35. The molecule has 3 rings (SSSR count). The standard InChI is InChI=1S/C17H17BrN2O4S/c1-23-14-11-16(15(24-2)10-13(14)18)25(21,22)20-9-8-19-17(20)12-6-4-3-5-7-12/h3-7,10-11H,8-9H2,1-2H3/p+1. The van der Waals surface area contributed by atoms with Crippen molar-refractivity contribution in [2.45, 2.75) is 4.90 Å². The van der Waals surface area contributed by atoms with Gasteiger partial charge in [0.05, 0.1) is 24.3 Å². The van der Waals surface area contributed by atoms with Crippen LogP contribution in [-0.4, -0.2) is 45.5 Å². The molecule has 2 aromatic carbocycles. The van der Waals surface area contributed by atoms with E-state index in [1.165, 1.54) is 24.3 Å². The van der Waals surface area contributed by atoms with Crippen LogP contribution in [0, 0.1) is 0 Å². The van der Waals surface area contributed by atoms with Crippen molar-refractivity contribution >= 4 is 31.8 Å². The van der Waals surface area contributed by atoms with Gasteiger partial charge in [0, 0.05) is 6.07 Å². The Morgan fingerprint density at radius 1 is 1.08 bits per heavy atom. The number of halogens is 1. The molecule has 0 aliphatic carbocycles. The summed E-state index contributed by atoms with van der Waals surface area (Å²) in [6.07, 6.45) is 0. The molecular formula is C17H18BrN2O4S+. The molecule has 1 N–H and O–H groups in total. The topological polar surface area (TPSA) is 67.6 Å². The van der Waals surface area contributed by atoms with Crippen LogP contribution in [0.25, 0.3) is 0 Å². The van der Waals surface area contributed by atoms with Crippen LogP contribution in [0.2, 0.25) is 0 Å². The Morgan fingerprint density at radius 3 is 2.40 bits per heavy atom. The van der Waals surface area contributed by atoms with Gasteiger partial charge in [0.2, 0.25) is 0 Å². The Kier molecular flexibility index (Phi) is 5.01. The largest absolute Gasteiger partial charge is 0.496 e. The summed E-state index contributed by atoms with van der Waals surface area (Å²) in [5.41, 5.74) is 0.812. The molecule has 0 amide bonds. The third-order valence-electron chi connectivity index (χ3n) is 3.91. The van der Waals surface area contributed by atoms with Gasteiger partial charge in [0.15, 0.2) is 4.90 Å². The van der Waals surface area contributed by atoms with E-state index in [0.717, 1.165) is 5.56 Å². The quantitative estimate of drug-likeness (QED) is 0.743. The average Bonchev–Trinajstić information content (AvgIpc) is 3.12. The summed E-state index contributed by atoms with van der Waals surface area (Å²) < 4.78 is 39.1. The highest BCUT2D eigenvalue weighted by atomic mass is 79.9. The van der Waals surface area contributed by atoms with Crippen LogP contribution in [0.5, 0.6) is 11.5 Å². The van der Waals surface area contributed by atoms with E-state index in [4.69, 9.17) is 9.47 Å². The van der Waals surface area contributed by atoms with Crippen LogP contribution in [0.3, 0.4) is 0 Å². The van der Waals surface area contributed by atoms with Gasteiger partial charge in [-0.2, -0.15) is 8.42 Å². The Morgan fingerprint density at radius 2 is 1.76 bits per heavy atom. The number of amidine groups is 1. The summed E-state index contributed by atoms with van der Waals surface area (Å²) >= 11 is 3.35. The first kappa shape index (κ1) is 17.8. The summed E-state index contributed by atoms with van der Waals surface area (Å²) in [6, 6.07) is 12.4. The van der Waals surface area contributed by atoms with Gasteiger partial charge < -0.3 is 9.47 Å². The van der Waals surface area contributed by atoms with E-state index in [2.05, 4.69) is 21.2 Å². The van der Waals surface area contributed by atoms with E-state index in [9.17, 15) is 8.42 Å². The van der Waals surface area contributed by atoms with Gasteiger partial charge in [-0.25, -0.2) is 0 Å². The van der Waals surface area contributed by atoms with Crippen molar-refractivity contribution in [2.24, 2.45) is 0 Å². The second kappa shape index (κ2) is 7.05. The summed E-state index contributed by atoms with van der Waals surface area (Å²) in [5.74, 6) is 1.24. The molecule has 1 heterocycles. The van der Waals surface area contributed by atoms with E-state index < -0.39 is 10.0 Å². The van der Waals surface area contributed by atoms with Crippen LogP contribution in [0.1, 0.15) is 5.56 Å². The minimum Gasteiger partial charge on any atom is -0.496 e. The molecule has 0 radical (unpaired) electrons. The third kappa shape index (κ3) is 3.23. The first-order valence-electron chi connectivity index (χ1n) is 7.59. The molecule has 0 saturated carbocycles. The molecule has 6 nitrogen and oxygen atoms in total. The number of ether oxygens (including phenoxy) is 2. The number of hydrogen-bond donors (Lipinski definition) is 1. The van der Waals surface area contributed by atoms with E-state index in [1.54, 1.807) is 6.07 Å². The molecule has 0 aromatic heterocycles. The molecule has 0 unspecified atom stereocenters. The molecule has 25 heavy (non-hydrogen) atoms. The first-order valence-corrected chi connectivity index (χ1v) is 9.83. The predicted molar refractivity (Wildman–Crippen MR) is 98.1 cm³/mol. The van der Waals surface area contributed by atoms with E-state index in [1.807, 2.05) is 30.3 Å². The van der Waals surface area contributed by atoms with Crippen molar-refractivity contribution in [3.05, 3.63) is 52.5 Å². The molecule has 0 saturated heterocycles. The SMILES string of the molecule is COc1cc(S(=O)(=O)[N+]2=C(c3ccccc3)NCC2)c(OC)cc1Br. The van der Waals surface area contributed by atoms with Crippen molar-refractivity contribution in [1.82, 2.24) is 5.32 Å². The van der Waals surface area contributed by atoms with Crippen LogP contribution < -0.4 is 14.8 Å². The monoisotopic (exact) mass is 425 g/mol. The molecule has 0 fully saturated rings. The lowest BCUT2D eigenvalue weighted by molar-refractivity contribution is -0.352. The number of benzene rings is 2. The van der Waals surface area contributed by atoms with Crippen molar-refractivity contribution in [3.63, 3.8) is 0 Å². The Balaban J connectivity index is 2.20. The number of rotatable bonds is 5. The van der Waals surface area contributed by atoms with E-state index in [-0.39, 0.29) is 10.6 Å². The lowest BCUT2D eigenvalue weighted by Gasteiger charge is -2.12. The fourth-order valence-electron chi connectivity index (χ4n) is 2.71. The average molecular weight is 426 g/mol. The molecule has 1 aliphatic heterocycles. The normalized spacial score (nSPS) is 14.4. The number of hydrogen-bond acceptors (Lipinski definition) is 5. The Labute approximate surface area is 155 Å². The smallest absolute Gasteiger partial charge is 0.335 e. The summed E-state index contributed by atoms with van der Waals surface area (Å²) in [6.45, 7) is 0.882. The van der Waals surface area contributed by atoms with Crippen LogP contribution >= 0.6 is 15.9 Å². The molecule has 8 heteroatoms. The van der Waals surface area contributed by atoms with Crippen molar-refractivity contribution in [1.29, 1.82) is 0 Å². The van der Waals surface area contributed by atoms with Crippen molar-refractivity contribution in [3.8, 4) is 11.5 Å². The second-order valence-electron chi connectivity index (χ2n) is 5.36. The molecule has 2 aromatic rings. The zero-order valence-electron chi connectivity index (χ0n) is 13.8. The Bertz CT molecular complexity index is 927. The minimum atomic E-state index is -3.82. The highest BCUT2D eigenvalue weighted by molar-refractivity contribution is 9.10. The summed E-state index contributed by atoms with van der Waals surface area (Å²) in [5, 5.41) is 3.16. The maximum Gasteiger partial charge on any atom is 0.335 e. The summed E-state index contributed by atoms with van der Waals surface area (Å²) in [4.78, 5) is 0.0622. The van der Waals surface area contributed by atoms with Gasteiger partial charge in [0.25, 0.3) is 5.84 Å². The van der Waals surface area contributed by atoms with Gasteiger partial charge in [-0.3, -0.25) is 5.32 Å².